The first-order valence-electron chi connectivity index (χ1n) is 6.46. The molecule has 0 fully saturated rings. The minimum absolute atomic E-state index is 0.0667. The van der Waals surface area contributed by atoms with Crippen LogP contribution in [0.15, 0.2) is 34.8 Å². The SMILES string of the molecule is CC(C)NCc1ccc(-c2ccc(Br)c(C(F)(F)F)c2)s1. The molecule has 0 bridgehead atoms. The summed E-state index contributed by atoms with van der Waals surface area (Å²) in [7, 11) is 0. The van der Waals surface area contributed by atoms with Gasteiger partial charge in [-0.1, -0.05) is 35.8 Å². The number of alkyl halides is 3. The number of nitrogens with one attached hydrogen (secondary N) is 1. The number of hydrogen-bond donors (Lipinski definition) is 1. The van der Waals surface area contributed by atoms with Gasteiger partial charge in [-0.25, -0.2) is 0 Å². The van der Waals surface area contributed by atoms with E-state index in [1.54, 1.807) is 6.07 Å². The Hall–Kier alpha value is -0.850. The lowest BCUT2D eigenvalue weighted by atomic mass is 10.1. The second kappa shape index (κ2) is 6.50. The first-order valence-corrected chi connectivity index (χ1v) is 8.07. The molecule has 0 aliphatic heterocycles. The van der Waals surface area contributed by atoms with Crippen LogP contribution in [0.4, 0.5) is 13.2 Å². The summed E-state index contributed by atoms with van der Waals surface area (Å²) in [6.07, 6.45) is -4.35. The van der Waals surface area contributed by atoms with E-state index in [2.05, 4.69) is 35.1 Å². The number of rotatable bonds is 4. The molecule has 0 aliphatic rings. The largest absolute Gasteiger partial charge is 0.417 e. The summed E-state index contributed by atoms with van der Waals surface area (Å²) in [4.78, 5) is 1.95. The van der Waals surface area contributed by atoms with E-state index in [1.165, 1.54) is 23.5 Å². The molecule has 0 saturated heterocycles. The van der Waals surface area contributed by atoms with Crippen molar-refractivity contribution < 1.29 is 13.2 Å². The van der Waals surface area contributed by atoms with Crippen molar-refractivity contribution in [1.29, 1.82) is 0 Å². The highest BCUT2D eigenvalue weighted by molar-refractivity contribution is 9.10. The summed E-state index contributed by atoms with van der Waals surface area (Å²) >= 11 is 4.47. The average Bonchev–Trinajstić information content (AvgIpc) is 2.84. The predicted octanol–water partition coefficient (Wildman–Crippen LogP) is 5.69. The third kappa shape index (κ3) is 4.31. The van der Waals surface area contributed by atoms with Crippen molar-refractivity contribution in [2.45, 2.75) is 32.6 Å². The molecular weight excluding hydrogens is 363 g/mol. The van der Waals surface area contributed by atoms with Crippen LogP contribution >= 0.6 is 27.3 Å². The lowest BCUT2D eigenvalue weighted by molar-refractivity contribution is -0.138. The molecule has 0 aliphatic carbocycles. The van der Waals surface area contributed by atoms with E-state index in [0.29, 0.717) is 11.6 Å². The van der Waals surface area contributed by atoms with Gasteiger partial charge in [0.25, 0.3) is 0 Å². The molecule has 0 radical (unpaired) electrons. The van der Waals surface area contributed by atoms with Crippen LogP contribution in [0.2, 0.25) is 0 Å². The second-order valence-corrected chi connectivity index (χ2v) is 7.02. The zero-order valence-corrected chi connectivity index (χ0v) is 14.0. The zero-order chi connectivity index (χ0) is 15.6. The standard InChI is InChI=1S/C15H15BrF3NS/c1-9(2)20-8-11-4-6-14(21-11)10-3-5-13(16)12(7-10)15(17,18)19/h3-7,9,20H,8H2,1-2H3. The Bertz CT molecular complexity index is 620. The number of thiophene rings is 1. The Morgan fingerprint density at radius 3 is 2.52 bits per heavy atom. The first kappa shape index (κ1) is 16.5. The zero-order valence-electron chi connectivity index (χ0n) is 11.6. The Morgan fingerprint density at radius 1 is 1.19 bits per heavy atom. The molecule has 0 amide bonds. The molecular formula is C15H15BrF3NS. The number of halogens is 4. The fraction of sp³-hybridized carbons (Fsp3) is 0.333. The van der Waals surface area contributed by atoms with Crippen LogP contribution in [0.5, 0.6) is 0 Å². The van der Waals surface area contributed by atoms with Crippen molar-refractivity contribution in [2.75, 3.05) is 0 Å². The van der Waals surface area contributed by atoms with Gasteiger partial charge in [-0.2, -0.15) is 13.2 Å². The molecule has 1 heterocycles. The van der Waals surface area contributed by atoms with E-state index < -0.39 is 11.7 Å². The maximum absolute atomic E-state index is 12.9. The lowest BCUT2D eigenvalue weighted by Gasteiger charge is -2.10. The highest BCUT2D eigenvalue weighted by atomic mass is 79.9. The summed E-state index contributed by atoms with van der Waals surface area (Å²) in [5, 5.41) is 3.29. The molecule has 2 rings (SSSR count). The van der Waals surface area contributed by atoms with Crippen molar-refractivity contribution >= 4 is 27.3 Å². The summed E-state index contributed by atoms with van der Waals surface area (Å²) in [5.74, 6) is 0. The van der Waals surface area contributed by atoms with Gasteiger partial charge >= 0.3 is 6.18 Å². The van der Waals surface area contributed by atoms with Gasteiger partial charge < -0.3 is 5.32 Å². The van der Waals surface area contributed by atoms with Crippen LogP contribution in [0.3, 0.4) is 0 Å². The second-order valence-electron chi connectivity index (χ2n) is 4.99. The fourth-order valence-electron chi connectivity index (χ4n) is 1.83. The van der Waals surface area contributed by atoms with Crippen LogP contribution in [0, 0.1) is 0 Å². The van der Waals surface area contributed by atoms with E-state index in [0.717, 1.165) is 16.3 Å². The Morgan fingerprint density at radius 2 is 1.90 bits per heavy atom. The topological polar surface area (TPSA) is 12.0 Å². The minimum Gasteiger partial charge on any atom is -0.310 e. The highest BCUT2D eigenvalue weighted by Gasteiger charge is 2.33. The quantitative estimate of drug-likeness (QED) is 0.720. The Kier molecular flexibility index (Phi) is 5.11. The smallest absolute Gasteiger partial charge is 0.310 e. The molecule has 1 nitrogen and oxygen atoms in total. The highest BCUT2D eigenvalue weighted by Crippen LogP contribution is 2.38. The van der Waals surface area contributed by atoms with Gasteiger partial charge in [-0.15, -0.1) is 11.3 Å². The summed E-state index contributed by atoms with van der Waals surface area (Å²) in [5.41, 5.74) is -0.0541. The van der Waals surface area contributed by atoms with Crippen LogP contribution in [0.1, 0.15) is 24.3 Å². The normalized spacial score (nSPS) is 12.1. The number of benzene rings is 1. The third-order valence-electron chi connectivity index (χ3n) is 2.90. The molecule has 114 valence electrons. The van der Waals surface area contributed by atoms with Crippen molar-refractivity contribution in [3.63, 3.8) is 0 Å². The van der Waals surface area contributed by atoms with Gasteiger partial charge in [-0.05, 0) is 29.8 Å². The van der Waals surface area contributed by atoms with Crippen LogP contribution < -0.4 is 5.32 Å². The van der Waals surface area contributed by atoms with Gasteiger partial charge in [0.15, 0.2) is 0 Å². The van der Waals surface area contributed by atoms with E-state index in [9.17, 15) is 13.2 Å². The lowest BCUT2D eigenvalue weighted by Crippen LogP contribution is -2.21. The molecule has 1 aromatic heterocycles. The van der Waals surface area contributed by atoms with Gasteiger partial charge in [0.05, 0.1) is 5.56 Å². The molecule has 0 unspecified atom stereocenters. The van der Waals surface area contributed by atoms with Gasteiger partial charge in [0.1, 0.15) is 0 Å². The summed E-state index contributed by atoms with van der Waals surface area (Å²) < 4.78 is 38.8. The summed E-state index contributed by atoms with van der Waals surface area (Å²) in [6.45, 7) is 4.84. The molecule has 2 aromatic rings. The van der Waals surface area contributed by atoms with Gasteiger partial charge in [-0.3, -0.25) is 0 Å². The molecule has 21 heavy (non-hydrogen) atoms. The van der Waals surface area contributed by atoms with Crippen LogP contribution in [0.25, 0.3) is 10.4 Å². The molecule has 6 heteroatoms. The number of hydrogen-bond acceptors (Lipinski definition) is 2. The van der Waals surface area contributed by atoms with Crippen molar-refractivity contribution in [3.05, 3.63) is 45.2 Å². The summed E-state index contributed by atoms with van der Waals surface area (Å²) in [6, 6.07) is 8.53. The Balaban J connectivity index is 2.26. The van der Waals surface area contributed by atoms with Crippen molar-refractivity contribution in [1.82, 2.24) is 5.32 Å². The monoisotopic (exact) mass is 377 g/mol. The first-order chi connectivity index (χ1) is 9.77. The fourth-order valence-corrected chi connectivity index (χ4v) is 3.25. The average molecular weight is 378 g/mol. The van der Waals surface area contributed by atoms with Gasteiger partial charge in [0, 0.05) is 26.8 Å². The molecule has 0 atom stereocenters. The Labute approximate surface area is 134 Å². The minimum atomic E-state index is -4.35. The van der Waals surface area contributed by atoms with Crippen LogP contribution in [-0.2, 0) is 12.7 Å². The van der Waals surface area contributed by atoms with Crippen molar-refractivity contribution in [2.24, 2.45) is 0 Å². The van der Waals surface area contributed by atoms with E-state index in [-0.39, 0.29) is 4.47 Å². The molecule has 1 aromatic carbocycles. The van der Waals surface area contributed by atoms with E-state index >= 15 is 0 Å². The predicted molar refractivity (Wildman–Crippen MR) is 84.4 cm³/mol. The third-order valence-corrected chi connectivity index (χ3v) is 4.73. The molecule has 0 spiro atoms. The van der Waals surface area contributed by atoms with Crippen LogP contribution in [-0.4, -0.2) is 6.04 Å². The van der Waals surface area contributed by atoms with E-state index in [1.807, 2.05) is 12.1 Å². The molecule has 0 saturated carbocycles. The maximum atomic E-state index is 12.9. The van der Waals surface area contributed by atoms with Crippen molar-refractivity contribution in [3.8, 4) is 10.4 Å². The molecule has 1 N–H and O–H groups in total. The van der Waals surface area contributed by atoms with E-state index in [4.69, 9.17) is 0 Å². The van der Waals surface area contributed by atoms with Gasteiger partial charge in [0.2, 0.25) is 0 Å². The maximum Gasteiger partial charge on any atom is 0.417 e.